The van der Waals surface area contributed by atoms with Gasteiger partial charge in [0.05, 0.1) is 0 Å². The molecule has 0 unspecified atom stereocenters. The standard InChI is InChI=1S/C17H16S3/c1-2-10-18-12-6-4-8-14-16(12)17-13(19-11-3-1)7-5-9-15(17)20-14/h4-9H,1-3,10-11H2. The first-order valence-corrected chi connectivity index (χ1v) is 9.92. The number of hydrogen-bond acceptors (Lipinski definition) is 3. The van der Waals surface area contributed by atoms with E-state index in [0.717, 1.165) is 0 Å². The Bertz CT molecular complexity index is 695. The lowest BCUT2D eigenvalue weighted by Gasteiger charge is -2.05. The highest BCUT2D eigenvalue weighted by atomic mass is 32.2. The average molecular weight is 317 g/mol. The Morgan fingerprint density at radius 2 is 1.20 bits per heavy atom. The van der Waals surface area contributed by atoms with Crippen molar-refractivity contribution < 1.29 is 0 Å². The van der Waals surface area contributed by atoms with Crippen molar-refractivity contribution in [2.45, 2.75) is 29.1 Å². The Labute approximate surface area is 132 Å². The molecule has 0 saturated heterocycles. The van der Waals surface area contributed by atoms with E-state index in [0.29, 0.717) is 0 Å². The number of thioether (sulfide) groups is 2. The van der Waals surface area contributed by atoms with Gasteiger partial charge in [-0.15, -0.1) is 34.9 Å². The molecule has 0 saturated carbocycles. The fourth-order valence-electron chi connectivity index (χ4n) is 2.79. The second-order valence-corrected chi connectivity index (χ2v) is 8.48. The summed E-state index contributed by atoms with van der Waals surface area (Å²) in [4.78, 5) is 2.95. The van der Waals surface area contributed by atoms with Crippen LogP contribution in [0.1, 0.15) is 19.3 Å². The summed E-state index contributed by atoms with van der Waals surface area (Å²) in [6, 6.07) is 13.6. The molecule has 0 N–H and O–H groups in total. The van der Waals surface area contributed by atoms with Crippen molar-refractivity contribution in [2.24, 2.45) is 0 Å². The first kappa shape index (κ1) is 13.1. The molecule has 3 heteroatoms. The third kappa shape index (κ3) is 2.26. The van der Waals surface area contributed by atoms with Crippen LogP contribution in [-0.4, -0.2) is 11.5 Å². The normalized spacial score (nSPS) is 16.6. The van der Waals surface area contributed by atoms with Crippen LogP contribution >= 0.6 is 34.9 Å². The van der Waals surface area contributed by atoms with Crippen molar-refractivity contribution in [3.8, 4) is 0 Å². The monoisotopic (exact) mass is 316 g/mol. The van der Waals surface area contributed by atoms with Crippen LogP contribution in [0.15, 0.2) is 46.2 Å². The van der Waals surface area contributed by atoms with E-state index in [1.807, 2.05) is 34.9 Å². The van der Waals surface area contributed by atoms with Crippen LogP contribution in [0.3, 0.4) is 0 Å². The minimum Gasteiger partial charge on any atom is -0.135 e. The average Bonchev–Trinajstić information content (AvgIpc) is 2.83. The lowest BCUT2D eigenvalue weighted by atomic mass is 10.1. The third-order valence-corrected chi connectivity index (χ3v) is 7.16. The molecule has 3 aromatic rings. The SMILES string of the molecule is c1cc2c3c(c1)sc1cccc(c13)SCCCCCS2. The van der Waals surface area contributed by atoms with Gasteiger partial charge >= 0.3 is 0 Å². The third-order valence-electron chi connectivity index (χ3n) is 3.75. The predicted octanol–water partition coefficient (Wildman–Crippen LogP) is 6.42. The molecule has 2 heterocycles. The molecule has 102 valence electrons. The zero-order chi connectivity index (χ0) is 13.4. The van der Waals surface area contributed by atoms with Gasteiger partial charge in [-0.25, -0.2) is 0 Å². The van der Waals surface area contributed by atoms with Gasteiger partial charge in [0.1, 0.15) is 0 Å². The number of rotatable bonds is 0. The van der Waals surface area contributed by atoms with Gasteiger partial charge in [-0.05, 0) is 48.6 Å². The van der Waals surface area contributed by atoms with Gasteiger partial charge in [-0.3, -0.25) is 0 Å². The molecule has 1 aromatic heterocycles. The highest BCUT2D eigenvalue weighted by Gasteiger charge is 2.13. The van der Waals surface area contributed by atoms with Gasteiger partial charge in [0.2, 0.25) is 0 Å². The maximum atomic E-state index is 2.30. The summed E-state index contributed by atoms with van der Waals surface area (Å²) in [5.74, 6) is 2.51. The van der Waals surface area contributed by atoms with Gasteiger partial charge in [0.25, 0.3) is 0 Å². The highest BCUT2D eigenvalue weighted by Crippen LogP contribution is 2.44. The molecule has 1 aliphatic rings. The molecule has 0 atom stereocenters. The van der Waals surface area contributed by atoms with Gasteiger partial charge in [-0.1, -0.05) is 18.6 Å². The van der Waals surface area contributed by atoms with Crippen LogP contribution in [0.2, 0.25) is 0 Å². The minimum absolute atomic E-state index is 1.25. The summed E-state index contributed by atoms with van der Waals surface area (Å²) in [5, 5.41) is 3.00. The molecule has 0 nitrogen and oxygen atoms in total. The number of hydrogen-bond donors (Lipinski definition) is 0. The summed E-state index contributed by atoms with van der Waals surface area (Å²) in [5.41, 5.74) is 0. The Kier molecular flexibility index (Phi) is 3.67. The Hall–Kier alpha value is -0.640. The van der Waals surface area contributed by atoms with Crippen LogP contribution in [0.25, 0.3) is 20.2 Å². The molecular formula is C17H16S3. The Balaban J connectivity index is 2.04. The second kappa shape index (κ2) is 5.63. The summed E-state index contributed by atoms with van der Waals surface area (Å²) < 4.78 is 2.88. The van der Waals surface area contributed by atoms with Crippen molar-refractivity contribution in [2.75, 3.05) is 11.5 Å². The molecule has 20 heavy (non-hydrogen) atoms. The Morgan fingerprint density at radius 1 is 0.650 bits per heavy atom. The van der Waals surface area contributed by atoms with Crippen molar-refractivity contribution in [3.63, 3.8) is 0 Å². The first-order valence-electron chi connectivity index (χ1n) is 7.13. The Morgan fingerprint density at radius 3 is 1.75 bits per heavy atom. The smallest absolute Gasteiger partial charge is 0.0367 e. The fourth-order valence-corrected chi connectivity index (χ4v) is 6.28. The van der Waals surface area contributed by atoms with Crippen LogP contribution in [-0.2, 0) is 0 Å². The summed E-state index contributed by atoms with van der Waals surface area (Å²) in [6.45, 7) is 0. The maximum Gasteiger partial charge on any atom is 0.0367 e. The fraction of sp³-hybridized carbons (Fsp3) is 0.294. The zero-order valence-corrected chi connectivity index (χ0v) is 13.7. The molecule has 0 amide bonds. The van der Waals surface area contributed by atoms with E-state index in [-0.39, 0.29) is 0 Å². The lowest BCUT2D eigenvalue weighted by Crippen LogP contribution is -1.83. The van der Waals surface area contributed by atoms with Crippen molar-refractivity contribution >= 4 is 55.0 Å². The van der Waals surface area contributed by atoms with E-state index in [2.05, 4.69) is 36.4 Å². The second-order valence-electron chi connectivity index (χ2n) is 5.12. The molecular weight excluding hydrogens is 300 g/mol. The van der Waals surface area contributed by atoms with Crippen LogP contribution in [0.5, 0.6) is 0 Å². The van der Waals surface area contributed by atoms with E-state index >= 15 is 0 Å². The van der Waals surface area contributed by atoms with Gasteiger partial charge < -0.3 is 0 Å². The van der Waals surface area contributed by atoms with E-state index in [1.165, 1.54) is 60.7 Å². The van der Waals surface area contributed by atoms with Crippen LogP contribution in [0, 0.1) is 0 Å². The first-order chi connectivity index (χ1) is 9.93. The van der Waals surface area contributed by atoms with Crippen molar-refractivity contribution in [1.29, 1.82) is 0 Å². The highest BCUT2D eigenvalue weighted by molar-refractivity contribution is 8.00. The molecule has 0 aliphatic carbocycles. The molecule has 4 rings (SSSR count). The summed E-state index contributed by atoms with van der Waals surface area (Å²) in [6.07, 6.45) is 4.04. The molecule has 0 spiro atoms. The van der Waals surface area contributed by atoms with Crippen LogP contribution < -0.4 is 0 Å². The molecule has 0 bridgehead atoms. The largest absolute Gasteiger partial charge is 0.135 e. The quantitative estimate of drug-likeness (QED) is 0.469. The summed E-state index contributed by atoms with van der Waals surface area (Å²) in [7, 11) is 0. The van der Waals surface area contributed by atoms with E-state index in [9.17, 15) is 0 Å². The van der Waals surface area contributed by atoms with Crippen molar-refractivity contribution in [1.82, 2.24) is 0 Å². The lowest BCUT2D eigenvalue weighted by molar-refractivity contribution is 0.786. The minimum atomic E-state index is 1.25. The van der Waals surface area contributed by atoms with Gasteiger partial charge in [0.15, 0.2) is 0 Å². The van der Waals surface area contributed by atoms with E-state index < -0.39 is 0 Å². The van der Waals surface area contributed by atoms with Crippen LogP contribution in [0.4, 0.5) is 0 Å². The van der Waals surface area contributed by atoms with E-state index in [1.54, 1.807) is 0 Å². The molecule has 0 fully saturated rings. The molecule has 0 radical (unpaired) electrons. The number of benzene rings is 2. The molecule has 1 aliphatic heterocycles. The van der Waals surface area contributed by atoms with Crippen molar-refractivity contribution in [3.05, 3.63) is 36.4 Å². The van der Waals surface area contributed by atoms with Gasteiger partial charge in [-0.2, -0.15) is 0 Å². The predicted molar refractivity (Wildman–Crippen MR) is 94.6 cm³/mol. The summed E-state index contributed by atoms with van der Waals surface area (Å²) >= 11 is 6.03. The van der Waals surface area contributed by atoms with Gasteiger partial charge in [0, 0.05) is 30.0 Å². The van der Waals surface area contributed by atoms with E-state index in [4.69, 9.17) is 0 Å². The maximum absolute atomic E-state index is 2.30. The topological polar surface area (TPSA) is 0 Å². The molecule has 2 aromatic carbocycles. The number of thiophene rings is 1. The zero-order valence-electron chi connectivity index (χ0n) is 11.2.